The second-order valence-electron chi connectivity index (χ2n) is 3.87. The smallest absolute Gasteiger partial charge is 0.336 e. The molecule has 0 radical (unpaired) electrons. The summed E-state index contributed by atoms with van der Waals surface area (Å²) in [6.07, 6.45) is 3.56. The van der Waals surface area contributed by atoms with Crippen molar-refractivity contribution in [3.05, 3.63) is 64.0 Å². The molecule has 0 aliphatic carbocycles. The van der Waals surface area contributed by atoms with Crippen molar-refractivity contribution in [3.63, 3.8) is 0 Å². The van der Waals surface area contributed by atoms with Crippen LogP contribution in [0.4, 0.5) is 0 Å². The van der Waals surface area contributed by atoms with Gasteiger partial charge in [0.25, 0.3) is 0 Å². The molecule has 0 saturated heterocycles. The molecule has 1 N–H and O–H groups in total. The topological polar surface area (TPSA) is 86.1 Å². The Hall–Kier alpha value is -2.78. The number of hydrogen-bond donors (Lipinski definition) is 1. The molecule has 0 fully saturated rings. The van der Waals surface area contributed by atoms with Crippen LogP contribution in [-0.2, 0) is 0 Å². The number of rotatable bonds is 4. The molecule has 0 atom stereocenters. The van der Waals surface area contributed by atoms with Gasteiger partial charge >= 0.3 is 5.97 Å². The van der Waals surface area contributed by atoms with Crippen LogP contribution in [0.1, 0.15) is 15.9 Å². The van der Waals surface area contributed by atoms with Crippen molar-refractivity contribution in [2.75, 3.05) is 6.54 Å². The Morgan fingerprint density at radius 1 is 1.26 bits per heavy atom. The van der Waals surface area contributed by atoms with Gasteiger partial charge in [0.2, 0.25) is 0 Å². The standard InChI is InChI=1S/C14H11N3O2/c15-17-16-9-3-5-10-4-1-7-12-11(10)6-2-8-13(12)14(18)19/h1-8H,9H2,(H,18,19). The van der Waals surface area contributed by atoms with Crippen LogP contribution in [0, 0.1) is 0 Å². The Labute approximate surface area is 109 Å². The highest BCUT2D eigenvalue weighted by Gasteiger charge is 2.08. The summed E-state index contributed by atoms with van der Waals surface area (Å²) < 4.78 is 0. The number of benzene rings is 2. The van der Waals surface area contributed by atoms with Gasteiger partial charge < -0.3 is 5.11 Å². The highest BCUT2D eigenvalue weighted by Crippen LogP contribution is 2.23. The fraction of sp³-hybridized carbons (Fsp3) is 0.0714. The summed E-state index contributed by atoms with van der Waals surface area (Å²) in [6, 6.07) is 10.6. The van der Waals surface area contributed by atoms with Crippen LogP contribution in [0.2, 0.25) is 0 Å². The molecule has 0 bridgehead atoms. The van der Waals surface area contributed by atoms with Crippen molar-refractivity contribution < 1.29 is 9.90 Å². The van der Waals surface area contributed by atoms with Crippen LogP contribution >= 0.6 is 0 Å². The Balaban J connectivity index is 2.52. The number of nitrogens with zero attached hydrogens (tertiary/aromatic N) is 3. The van der Waals surface area contributed by atoms with Crippen LogP contribution < -0.4 is 0 Å². The number of carbonyl (C=O) groups is 1. The fourth-order valence-electron chi connectivity index (χ4n) is 1.93. The van der Waals surface area contributed by atoms with Gasteiger partial charge in [-0.2, -0.15) is 0 Å². The first-order chi connectivity index (χ1) is 9.24. The van der Waals surface area contributed by atoms with E-state index in [1.165, 1.54) is 0 Å². The van der Waals surface area contributed by atoms with Crippen molar-refractivity contribution >= 4 is 22.8 Å². The molecule has 0 unspecified atom stereocenters. The number of hydrogen-bond acceptors (Lipinski definition) is 2. The van der Waals surface area contributed by atoms with Crippen molar-refractivity contribution in [2.45, 2.75) is 0 Å². The van der Waals surface area contributed by atoms with Gasteiger partial charge in [-0.05, 0) is 27.9 Å². The monoisotopic (exact) mass is 253 g/mol. The lowest BCUT2D eigenvalue weighted by atomic mass is 10.00. The predicted octanol–water partition coefficient (Wildman–Crippen LogP) is 3.86. The third kappa shape index (κ3) is 2.73. The highest BCUT2D eigenvalue weighted by atomic mass is 16.4. The van der Waals surface area contributed by atoms with Gasteiger partial charge in [-0.3, -0.25) is 0 Å². The second-order valence-corrected chi connectivity index (χ2v) is 3.87. The first-order valence-corrected chi connectivity index (χ1v) is 5.66. The van der Waals surface area contributed by atoms with E-state index in [-0.39, 0.29) is 12.1 Å². The van der Waals surface area contributed by atoms with Crippen molar-refractivity contribution in [3.8, 4) is 0 Å². The predicted molar refractivity (Wildman–Crippen MR) is 74.0 cm³/mol. The molecule has 2 aromatic carbocycles. The summed E-state index contributed by atoms with van der Waals surface area (Å²) in [5.74, 6) is -0.944. The lowest BCUT2D eigenvalue weighted by Gasteiger charge is -2.05. The molecule has 94 valence electrons. The largest absolute Gasteiger partial charge is 0.478 e. The van der Waals surface area contributed by atoms with E-state index >= 15 is 0 Å². The van der Waals surface area contributed by atoms with E-state index in [4.69, 9.17) is 10.6 Å². The van der Waals surface area contributed by atoms with Crippen LogP contribution in [0.15, 0.2) is 47.6 Å². The maximum atomic E-state index is 11.2. The molecule has 19 heavy (non-hydrogen) atoms. The maximum absolute atomic E-state index is 11.2. The molecule has 0 spiro atoms. The molecular formula is C14H11N3O2. The third-order valence-electron chi connectivity index (χ3n) is 2.73. The average molecular weight is 253 g/mol. The normalized spacial score (nSPS) is 10.5. The molecule has 5 nitrogen and oxygen atoms in total. The van der Waals surface area contributed by atoms with Gasteiger partial charge in [0.1, 0.15) is 0 Å². The molecule has 0 aliphatic heterocycles. The van der Waals surface area contributed by atoms with E-state index in [1.807, 2.05) is 24.3 Å². The summed E-state index contributed by atoms with van der Waals surface area (Å²) >= 11 is 0. The van der Waals surface area contributed by atoms with Crippen molar-refractivity contribution in [2.24, 2.45) is 5.11 Å². The van der Waals surface area contributed by atoms with Crippen LogP contribution in [0.3, 0.4) is 0 Å². The van der Waals surface area contributed by atoms with E-state index in [2.05, 4.69) is 10.0 Å². The minimum atomic E-state index is -0.944. The minimum absolute atomic E-state index is 0.269. The maximum Gasteiger partial charge on any atom is 0.336 e. The molecule has 5 heteroatoms. The summed E-state index contributed by atoms with van der Waals surface area (Å²) in [6.45, 7) is 0.269. The van der Waals surface area contributed by atoms with E-state index in [9.17, 15) is 4.79 Å². The molecule has 0 saturated carbocycles. The summed E-state index contributed by atoms with van der Waals surface area (Å²) in [5.41, 5.74) is 9.37. The molecule has 0 aliphatic rings. The quantitative estimate of drug-likeness (QED) is 0.509. The summed E-state index contributed by atoms with van der Waals surface area (Å²) in [5, 5.41) is 14.1. The van der Waals surface area contributed by atoms with Crippen molar-refractivity contribution in [1.29, 1.82) is 0 Å². The SMILES string of the molecule is [N-]=[N+]=NCC=Cc1cccc2c(C(=O)O)cccc12. The van der Waals surface area contributed by atoms with E-state index in [0.29, 0.717) is 5.39 Å². The van der Waals surface area contributed by atoms with Gasteiger partial charge in [0, 0.05) is 11.5 Å². The zero-order valence-electron chi connectivity index (χ0n) is 10.0. The first-order valence-electron chi connectivity index (χ1n) is 5.66. The van der Waals surface area contributed by atoms with Gasteiger partial charge in [-0.1, -0.05) is 47.6 Å². The lowest BCUT2D eigenvalue weighted by Crippen LogP contribution is -1.97. The van der Waals surface area contributed by atoms with Crippen LogP contribution in [-0.4, -0.2) is 17.6 Å². The third-order valence-corrected chi connectivity index (χ3v) is 2.73. The number of fused-ring (bicyclic) bond motifs is 1. The Kier molecular flexibility index (Phi) is 3.81. The molecule has 2 aromatic rings. The Morgan fingerprint density at radius 3 is 2.74 bits per heavy atom. The van der Waals surface area contributed by atoms with Crippen LogP contribution in [0.25, 0.3) is 27.3 Å². The van der Waals surface area contributed by atoms with Gasteiger partial charge in [-0.25, -0.2) is 4.79 Å². The van der Waals surface area contributed by atoms with Gasteiger partial charge in [-0.15, -0.1) is 0 Å². The second kappa shape index (κ2) is 5.71. The summed E-state index contributed by atoms with van der Waals surface area (Å²) in [7, 11) is 0. The van der Waals surface area contributed by atoms with Crippen molar-refractivity contribution in [1.82, 2.24) is 0 Å². The molecule has 0 heterocycles. The number of azide groups is 1. The first kappa shape index (κ1) is 12.7. The molecule has 2 rings (SSSR count). The summed E-state index contributed by atoms with van der Waals surface area (Å²) in [4.78, 5) is 13.8. The van der Waals surface area contributed by atoms with E-state index in [1.54, 1.807) is 24.3 Å². The van der Waals surface area contributed by atoms with E-state index in [0.717, 1.165) is 10.9 Å². The number of carboxylic acids is 1. The molecular weight excluding hydrogens is 242 g/mol. The minimum Gasteiger partial charge on any atom is -0.478 e. The van der Waals surface area contributed by atoms with Gasteiger partial charge in [0.05, 0.1) is 5.56 Å². The van der Waals surface area contributed by atoms with Crippen LogP contribution in [0.5, 0.6) is 0 Å². The molecule has 0 aromatic heterocycles. The fourth-order valence-corrected chi connectivity index (χ4v) is 1.93. The van der Waals surface area contributed by atoms with Gasteiger partial charge in [0.15, 0.2) is 0 Å². The Bertz CT molecular complexity index is 701. The van der Waals surface area contributed by atoms with E-state index < -0.39 is 5.97 Å². The zero-order chi connectivity index (χ0) is 13.7. The average Bonchev–Trinajstić information content (AvgIpc) is 2.43. The number of carboxylic acid groups (broad SMARTS) is 1. The molecule has 0 amide bonds. The Morgan fingerprint density at radius 2 is 2.00 bits per heavy atom. The highest BCUT2D eigenvalue weighted by molar-refractivity contribution is 6.05. The lowest BCUT2D eigenvalue weighted by molar-refractivity contribution is 0.0699. The number of aromatic carboxylic acids is 1. The zero-order valence-corrected chi connectivity index (χ0v) is 10.0.